The first kappa shape index (κ1) is 16.1. The number of ether oxygens (including phenoxy) is 1. The van der Waals surface area contributed by atoms with E-state index in [1.807, 2.05) is 31.2 Å². The summed E-state index contributed by atoms with van der Waals surface area (Å²) in [5.74, 6) is -0.441. The van der Waals surface area contributed by atoms with Crippen LogP contribution in [0.4, 0.5) is 16.2 Å². The zero-order chi connectivity index (χ0) is 17.1. The number of rotatable bonds is 3. The average Bonchev–Trinajstić information content (AvgIpc) is 2.91. The van der Waals surface area contributed by atoms with Gasteiger partial charge in [-0.15, -0.1) is 0 Å². The first-order chi connectivity index (χ1) is 11.6. The normalized spacial score (nSPS) is 15.8. The molecule has 1 aliphatic heterocycles. The number of nitrogens with one attached hydrogen (secondary N) is 1. The molecule has 0 radical (unpaired) electrons. The van der Waals surface area contributed by atoms with Gasteiger partial charge in [0.1, 0.15) is 0 Å². The summed E-state index contributed by atoms with van der Waals surface area (Å²) < 4.78 is 5.05. The third-order valence-corrected chi connectivity index (χ3v) is 4.09. The number of benzene rings is 2. The number of fused-ring (bicyclic) bond motifs is 1. The smallest absolute Gasteiger partial charge is 0.340 e. The Morgan fingerprint density at radius 1 is 1.17 bits per heavy atom. The van der Waals surface area contributed by atoms with E-state index in [1.165, 1.54) is 0 Å². The molecule has 5 nitrogen and oxygen atoms in total. The predicted octanol–water partition coefficient (Wildman–Crippen LogP) is 3.85. The summed E-state index contributed by atoms with van der Waals surface area (Å²) in [5.41, 5.74) is 2.88. The monoisotopic (exact) mass is 324 g/mol. The molecule has 0 bridgehead atoms. The largest absolute Gasteiger partial charge is 0.462 e. The lowest BCUT2D eigenvalue weighted by Crippen LogP contribution is -2.39. The van der Waals surface area contributed by atoms with E-state index in [0.29, 0.717) is 11.3 Å². The summed E-state index contributed by atoms with van der Waals surface area (Å²) in [6.45, 7) is 4.05. The number of amides is 2. The summed E-state index contributed by atoms with van der Waals surface area (Å²) in [5, 5.41) is 2.85. The van der Waals surface area contributed by atoms with E-state index in [-0.39, 0.29) is 18.7 Å². The zero-order valence-electron chi connectivity index (χ0n) is 13.8. The lowest BCUT2D eigenvalue weighted by molar-refractivity contribution is 0.0527. The number of nitrogens with zero attached hydrogens (tertiary/aromatic N) is 1. The van der Waals surface area contributed by atoms with Gasteiger partial charge in [-0.2, -0.15) is 0 Å². The second-order valence-electron chi connectivity index (χ2n) is 5.75. The number of hydrogen-bond acceptors (Lipinski definition) is 3. The molecule has 1 atom stereocenters. The van der Waals surface area contributed by atoms with Crippen LogP contribution in [0.25, 0.3) is 0 Å². The van der Waals surface area contributed by atoms with Crippen LogP contribution in [-0.4, -0.2) is 24.6 Å². The van der Waals surface area contributed by atoms with Gasteiger partial charge in [0, 0.05) is 11.7 Å². The van der Waals surface area contributed by atoms with Crippen molar-refractivity contribution >= 4 is 23.4 Å². The standard InChI is InChI=1S/C19H20N2O3/c1-3-24-18(22)15-9-5-6-10-16(15)20-19(23)21-13(2)12-14-8-4-7-11-17(14)21/h4-11,13H,3,12H2,1-2H3,(H,20,23). The van der Waals surface area contributed by atoms with Crippen LogP contribution in [0.15, 0.2) is 48.5 Å². The van der Waals surface area contributed by atoms with Crippen LogP contribution in [0.1, 0.15) is 29.8 Å². The van der Waals surface area contributed by atoms with Gasteiger partial charge in [-0.3, -0.25) is 4.90 Å². The number of hydrogen-bond donors (Lipinski definition) is 1. The lowest BCUT2D eigenvalue weighted by atomic mass is 10.1. The van der Waals surface area contributed by atoms with Crippen LogP contribution >= 0.6 is 0 Å². The van der Waals surface area contributed by atoms with Gasteiger partial charge < -0.3 is 10.1 Å². The Kier molecular flexibility index (Phi) is 4.51. The fourth-order valence-corrected chi connectivity index (χ4v) is 3.03. The number of esters is 1. The average molecular weight is 324 g/mol. The third kappa shape index (κ3) is 2.97. The van der Waals surface area contributed by atoms with Gasteiger partial charge in [-0.25, -0.2) is 9.59 Å². The Labute approximate surface area is 141 Å². The second-order valence-corrected chi connectivity index (χ2v) is 5.75. The SMILES string of the molecule is CCOC(=O)c1ccccc1NC(=O)N1c2ccccc2CC1C. The van der Waals surface area contributed by atoms with Crippen molar-refractivity contribution in [3.05, 3.63) is 59.7 Å². The van der Waals surface area contributed by atoms with Crippen molar-refractivity contribution in [1.29, 1.82) is 0 Å². The van der Waals surface area contributed by atoms with E-state index in [2.05, 4.69) is 5.32 Å². The molecular formula is C19H20N2O3. The number of para-hydroxylation sites is 2. The highest BCUT2D eigenvalue weighted by atomic mass is 16.5. The molecule has 0 saturated carbocycles. The molecule has 5 heteroatoms. The molecule has 1 unspecified atom stereocenters. The summed E-state index contributed by atoms with van der Waals surface area (Å²) in [6, 6.07) is 14.6. The first-order valence-corrected chi connectivity index (χ1v) is 8.06. The minimum absolute atomic E-state index is 0.0668. The third-order valence-electron chi connectivity index (χ3n) is 4.09. The van der Waals surface area contributed by atoms with E-state index in [0.717, 1.165) is 17.7 Å². The fraction of sp³-hybridized carbons (Fsp3) is 0.263. The molecule has 1 heterocycles. The van der Waals surface area contributed by atoms with Crippen molar-refractivity contribution in [1.82, 2.24) is 0 Å². The van der Waals surface area contributed by atoms with Gasteiger partial charge in [0.2, 0.25) is 0 Å². The van der Waals surface area contributed by atoms with Gasteiger partial charge in [-0.1, -0.05) is 30.3 Å². The van der Waals surface area contributed by atoms with Crippen molar-refractivity contribution in [3.8, 4) is 0 Å². The van der Waals surface area contributed by atoms with E-state index < -0.39 is 5.97 Å². The minimum Gasteiger partial charge on any atom is -0.462 e. The summed E-state index contributed by atoms with van der Waals surface area (Å²) >= 11 is 0. The Bertz CT molecular complexity index is 773. The molecular weight excluding hydrogens is 304 g/mol. The molecule has 2 amide bonds. The van der Waals surface area contributed by atoms with Crippen molar-refractivity contribution in [3.63, 3.8) is 0 Å². The summed E-state index contributed by atoms with van der Waals surface area (Å²) in [6.07, 6.45) is 0.823. The molecule has 0 aliphatic carbocycles. The second kappa shape index (κ2) is 6.74. The molecule has 1 N–H and O–H groups in total. The molecule has 2 aromatic rings. The van der Waals surface area contributed by atoms with Gasteiger partial charge in [0.25, 0.3) is 0 Å². The van der Waals surface area contributed by atoms with Gasteiger partial charge in [0.05, 0.1) is 17.9 Å². The van der Waals surface area contributed by atoms with E-state index in [4.69, 9.17) is 4.74 Å². The molecule has 24 heavy (non-hydrogen) atoms. The van der Waals surface area contributed by atoms with Crippen molar-refractivity contribution in [2.24, 2.45) is 0 Å². The summed E-state index contributed by atoms with van der Waals surface area (Å²) in [7, 11) is 0. The molecule has 124 valence electrons. The van der Waals surface area contributed by atoms with Crippen LogP contribution in [0, 0.1) is 0 Å². The predicted molar refractivity (Wildman–Crippen MR) is 93.5 cm³/mol. The Morgan fingerprint density at radius 3 is 2.67 bits per heavy atom. The maximum absolute atomic E-state index is 12.8. The van der Waals surface area contributed by atoms with E-state index in [9.17, 15) is 9.59 Å². The Morgan fingerprint density at radius 2 is 1.88 bits per heavy atom. The van der Waals surface area contributed by atoms with Crippen LogP contribution < -0.4 is 10.2 Å². The molecule has 0 aromatic heterocycles. The molecule has 0 fully saturated rings. The highest BCUT2D eigenvalue weighted by Gasteiger charge is 2.31. The molecule has 0 saturated heterocycles. The Balaban J connectivity index is 1.85. The number of carbonyl (C=O) groups is 2. The van der Waals surface area contributed by atoms with Gasteiger partial charge >= 0.3 is 12.0 Å². The van der Waals surface area contributed by atoms with Gasteiger partial charge in [0.15, 0.2) is 0 Å². The lowest BCUT2D eigenvalue weighted by Gasteiger charge is -2.23. The maximum atomic E-state index is 12.8. The first-order valence-electron chi connectivity index (χ1n) is 8.06. The number of anilines is 2. The van der Waals surface area contributed by atoms with E-state index >= 15 is 0 Å². The zero-order valence-corrected chi connectivity index (χ0v) is 13.8. The topological polar surface area (TPSA) is 58.6 Å². The van der Waals surface area contributed by atoms with Crippen molar-refractivity contribution in [2.45, 2.75) is 26.3 Å². The summed E-state index contributed by atoms with van der Waals surface area (Å²) in [4.78, 5) is 26.6. The molecule has 3 rings (SSSR count). The van der Waals surface area contributed by atoms with Gasteiger partial charge in [-0.05, 0) is 44.0 Å². The fourth-order valence-electron chi connectivity index (χ4n) is 3.03. The number of carbonyl (C=O) groups excluding carboxylic acids is 2. The van der Waals surface area contributed by atoms with E-state index in [1.54, 1.807) is 36.1 Å². The highest BCUT2D eigenvalue weighted by molar-refractivity contribution is 6.07. The molecule has 2 aromatic carbocycles. The van der Waals surface area contributed by atoms with Crippen LogP contribution in [0.2, 0.25) is 0 Å². The quantitative estimate of drug-likeness (QED) is 0.873. The maximum Gasteiger partial charge on any atom is 0.340 e. The van der Waals surface area contributed by atoms with Crippen molar-refractivity contribution < 1.29 is 14.3 Å². The van der Waals surface area contributed by atoms with Crippen LogP contribution in [0.3, 0.4) is 0 Å². The van der Waals surface area contributed by atoms with Crippen LogP contribution in [0.5, 0.6) is 0 Å². The molecule has 1 aliphatic rings. The number of urea groups is 1. The van der Waals surface area contributed by atoms with Crippen molar-refractivity contribution in [2.75, 3.05) is 16.8 Å². The molecule has 0 spiro atoms. The highest BCUT2D eigenvalue weighted by Crippen LogP contribution is 2.32. The Hall–Kier alpha value is -2.82. The minimum atomic E-state index is -0.441. The van der Waals surface area contributed by atoms with Crippen LogP contribution in [-0.2, 0) is 11.2 Å².